The maximum atomic E-state index is 12.4. The molecule has 0 bridgehead atoms. The van der Waals surface area contributed by atoms with Crippen LogP contribution in [0.15, 0.2) is 24.3 Å². The molecule has 0 amide bonds. The monoisotopic (exact) mass is 264 g/mol. The van der Waals surface area contributed by atoms with Gasteiger partial charge in [0, 0.05) is 5.38 Å². The molecular weight excluding hydrogens is 249 g/mol. The summed E-state index contributed by atoms with van der Waals surface area (Å²) >= 11 is 6.21. The first-order valence-electron chi connectivity index (χ1n) is 5.54. The second-order valence-corrected chi connectivity index (χ2v) is 5.10. The lowest BCUT2D eigenvalue weighted by Crippen LogP contribution is -2.16. The Hall–Kier alpha value is -0.700. The van der Waals surface area contributed by atoms with E-state index in [2.05, 4.69) is 0 Å². The standard InChI is InChI=1S/C13H16ClF3/c1-8(2)12(14)9(3)10-4-6-11(7-5-10)13(15,16)17/h4-9,12H,1-3H3. The van der Waals surface area contributed by atoms with E-state index in [1.54, 1.807) is 0 Å². The van der Waals surface area contributed by atoms with Crippen molar-refractivity contribution in [2.75, 3.05) is 0 Å². The van der Waals surface area contributed by atoms with Gasteiger partial charge in [0.1, 0.15) is 0 Å². The van der Waals surface area contributed by atoms with Crippen molar-refractivity contribution in [3.63, 3.8) is 0 Å². The Balaban J connectivity index is 2.88. The van der Waals surface area contributed by atoms with Crippen LogP contribution in [0.3, 0.4) is 0 Å². The van der Waals surface area contributed by atoms with Crippen molar-refractivity contribution in [3.05, 3.63) is 35.4 Å². The fourth-order valence-electron chi connectivity index (χ4n) is 1.74. The quantitative estimate of drug-likeness (QED) is 0.669. The number of halogens is 4. The molecule has 2 atom stereocenters. The van der Waals surface area contributed by atoms with Gasteiger partial charge < -0.3 is 0 Å². The van der Waals surface area contributed by atoms with E-state index in [0.29, 0.717) is 0 Å². The van der Waals surface area contributed by atoms with Crippen LogP contribution in [0.2, 0.25) is 0 Å². The fraction of sp³-hybridized carbons (Fsp3) is 0.538. The first kappa shape index (κ1) is 14.4. The number of rotatable bonds is 3. The summed E-state index contributed by atoms with van der Waals surface area (Å²) in [7, 11) is 0. The van der Waals surface area contributed by atoms with E-state index in [1.165, 1.54) is 12.1 Å². The lowest BCUT2D eigenvalue weighted by atomic mass is 9.91. The molecule has 0 aliphatic rings. The first-order valence-corrected chi connectivity index (χ1v) is 5.98. The van der Waals surface area contributed by atoms with Gasteiger partial charge in [-0.15, -0.1) is 11.6 Å². The van der Waals surface area contributed by atoms with Crippen molar-refractivity contribution in [1.29, 1.82) is 0 Å². The van der Waals surface area contributed by atoms with E-state index in [9.17, 15) is 13.2 Å². The molecule has 0 aromatic heterocycles. The minimum Gasteiger partial charge on any atom is -0.166 e. The van der Waals surface area contributed by atoms with Gasteiger partial charge in [-0.25, -0.2) is 0 Å². The van der Waals surface area contributed by atoms with Gasteiger partial charge in [0.2, 0.25) is 0 Å². The molecule has 0 spiro atoms. The van der Waals surface area contributed by atoms with Gasteiger partial charge in [-0.2, -0.15) is 13.2 Å². The lowest BCUT2D eigenvalue weighted by molar-refractivity contribution is -0.137. The van der Waals surface area contributed by atoms with Crippen molar-refractivity contribution >= 4 is 11.6 Å². The molecule has 2 unspecified atom stereocenters. The molecule has 96 valence electrons. The van der Waals surface area contributed by atoms with Crippen molar-refractivity contribution < 1.29 is 13.2 Å². The van der Waals surface area contributed by atoms with Crippen LogP contribution in [-0.2, 0) is 6.18 Å². The van der Waals surface area contributed by atoms with Gasteiger partial charge in [0.15, 0.2) is 0 Å². The van der Waals surface area contributed by atoms with Crippen LogP contribution in [0.1, 0.15) is 37.8 Å². The Bertz CT molecular complexity index is 354. The molecule has 0 fully saturated rings. The molecule has 0 aliphatic carbocycles. The van der Waals surface area contributed by atoms with E-state index in [-0.39, 0.29) is 17.2 Å². The third kappa shape index (κ3) is 3.63. The molecule has 0 heterocycles. The molecule has 4 heteroatoms. The summed E-state index contributed by atoms with van der Waals surface area (Å²) in [5.74, 6) is 0.327. The highest BCUT2D eigenvalue weighted by molar-refractivity contribution is 6.21. The second-order valence-electron chi connectivity index (χ2n) is 4.60. The SMILES string of the molecule is CC(C)C(Cl)C(C)c1ccc(C(F)(F)F)cc1. The Morgan fingerprint density at radius 2 is 1.47 bits per heavy atom. The van der Waals surface area contributed by atoms with Gasteiger partial charge in [-0.3, -0.25) is 0 Å². The lowest BCUT2D eigenvalue weighted by Gasteiger charge is -2.22. The average Bonchev–Trinajstić information content (AvgIpc) is 2.26. The van der Waals surface area contributed by atoms with Crippen LogP contribution in [0.5, 0.6) is 0 Å². The molecule has 0 N–H and O–H groups in total. The number of hydrogen-bond acceptors (Lipinski definition) is 0. The first-order chi connectivity index (χ1) is 7.73. The molecule has 1 aromatic rings. The Morgan fingerprint density at radius 1 is 1.00 bits per heavy atom. The Labute approximate surface area is 105 Å². The molecule has 1 aromatic carbocycles. The largest absolute Gasteiger partial charge is 0.416 e. The van der Waals surface area contributed by atoms with Crippen molar-refractivity contribution in [2.24, 2.45) is 5.92 Å². The zero-order valence-electron chi connectivity index (χ0n) is 10.1. The Kier molecular flexibility index (Phi) is 4.48. The van der Waals surface area contributed by atoms with E-state index >= 15 is 0 Å². The van der Waals surface area contributed by atoms with Crippen molar-refractivity contribution in [1.82, 2.24) is 0 Å². The van der Waals surface area contributed by atoms with Crippen LogP contribution in [0.25, 0.3) is 0 Å². The molecule has 0 radical (unpaired) electrons. The number of alkyl halides is 4. The van der Waals surface area contributed by atoms with Gasteiger partial charge in [0.05, 0.1) is 5.56 Å². The third-order valence-corrected chi connectivity index (χ3v) is 3.76. The van der Waals surface area contributed by atoms with Gasteiger partial charge in [-0.1, -0.05) is 32.9 Å². The van der Waals surface area contributed by atoms with Crippen LogP contribution in [0, 0.1) is 5.92 Å². The highest BCUT2D eigenvalue weighted by Crippen LogP contribution is 2.32. The van der Waals surface area contributed by atoms with E-state index in [4.69, 9.17) is 11.6 Å². The van der Waals surface area contributed by atoms with Gasteiger partial charge in [0.25, 0.3) is 0 Å². The normalized spacial score (nSPS) is 16.0. The minimum atomic E-state index is -4.28. The highest BCUT2D eigenvalue weighted by atomic mass is 35.5. The van der Waals surface area contributed by atoms with Crippen LogP contribution in [-0.4, -0.2) is 5.38 Å². The molecule has 0 saturated carbocycles. The van der Waals surface area contributed by atoms with Gasteiger partial charge >= 0.3 is 6.18 Å². The summed E-state index contributed by atoms with van der Waals surface area (Å²) < 4.78 is 37.1. The van der Waals surface area contributed by atoms with Crippen LogP contribution < -0.4 is 0 Å². The molecule has 1 rings (SSSR count). The molecule has 17 heavy (non-hydrogen) atoms. The topological polar surface area (TPSA) is 0 Å². The zero-order chi connectivity index (χ0) is 13.2. The summed E-state index contributed by atoms with van der Waals surface area (Å²) in [4.78, 5) is 0. The van der Waals surface area contributed by atoms with Crippen LogP contribution in [0.4, 0.5) is 13.2 Å². The number of hydrogen-bond donors (Lipinski definition) is 0. The third-order valence-electron chi connectivity index (χ3n) is 2.88. The molecule has 0 nitrogen and oxygen atoms in total. The molecule has 0 aliphatic heterocycles. The Morgan fingerprint density at radius 3 is 1.82 bits per heavy atom. The van der Waals surface area contributed by atoms with Gasteiger partial charge in [-0.05, 0) is 29.5 Å². The summed E-state index contributed by atoms with van der Waals surface area (Å²) in [6.45, 7) is 5.93. The van der Waals surface area contributed by atoms with Crippen molar-refractivity contribution in [2.45, 2.75) is 38.2 Å². The number of benzene rings is 1. The minimum absolute atomic E-state index is 0.0407. The zero-order valence-corrected chi connectivity index (χ0v) is 10.8. The second kappa shape index (κ2) is 5.30. The predicted octanol–water partition coefficient (Wildman–Crippen LogP) is 5.07. The highest BCUT2D eigenvalue weighted by Gasteiger charge is 2.30. The summed E-state index contributed by atoms with van der Waals surface area (Å²) in [6, 6.07) is 5.22. The predicted molar refractivity (Wildman–Crippen MR) is 64.3 cm³/mol. The summed E-state index contributed by atoms with van der Waals surface area (Å²) in [5, 5.41) is -0.0771. The molecular formula is C13H16ClF3. The van der Waals surface area contributed by atoms with E-state index in [0.717, 1.165) is 17.7 Å². The average molecular weight is 265 g/mol. The van der Waals surface area contributed by atoms with Crippen LogP contribution >= 0.6 is 11.6 Å². The summed E-state index contributed by atoms with van der Waals surface area (Å²) in [6.07, 6.45) is -4.28. The fourth-order valence-corrected chi connectivity index (χ4v) is 1.88. The maximum Gasteiger partial charge on any atom is 0.416 e. The summed E-state index contributed by atoms with van der Waals surface area (Å²) in [5.41, 5.74) is 0.218. The van der Waals surface area contributed by atoms with Crippen molar-refractivity contribution in [3.8, 4) is 0 Å². The smallest absolute Gasteiger partial charge is 0.166 e. The van der Waals surface area contributed by atoms with E-state index in [1.807, 2.05) is 20.8 Å². The van der Waals surface area contributed by atoms with E-state index < -0.39 is 11.7 Å². The molecule has 0 saturated heterocycles. The maximum absolute atomic E-state index is 12.4.